The first kappa shape index (κ1) is 14.9. The predicted molar refractivity (Wildman–Crippen MR) is 86.0 cm³/mol. The number of nitrogens with zero attached hydrogens (tertiary/aromatic N) is 1. The van der Waals surface area contributed by atoms with E-state index in [2.05, 4.69) is 0 Å². The van der Waals surface area contributed by atoms with E-state index in [0.29, 0.717) is 12.1 Å². The van der Waals surface area contributed by atoms with Crippen LogP contribution in [0.2, 0.25) is 0 Å². The van der Waals surface area contributed by atoms with Crippen molar-refractivity contribution in [2.45, 2.75) is 38.3 Å². The van der Waals surface area contributed by atoms with Gasteiger partial charge in [-0.2, -0.15) is 0 Å². The summed E-state index contributed by atoms with van der Waals surface area (Å²) in [5.74, 6) is -0.224. The van der Waals surface area contributed by atoms with E-state index in [1.165, 1.54) is 0 Å². The maximum absolute atomic E-state index is 12.8. The molecule has 2 aromatic rings. The Balaban J connectivity index is 2.00. The number of rotatable bonds is 2. The van der Waals surface area contributed by atoms with Crippen molar-refractivity contribution in [3.8, 4) is 5.75 Å². The van der Waals surface area contributed by atoms with E-state index < -0.39 is 5.60 Å². The summed E-state index contributed by atoms with van der Waals surface area (Å²) in [4.78, 5) is 14.5. The lowest BCUT2D eigenvalue weighted by molar-refractivity contribution is 0.000231. The molecule has 0 radical (unpaired) electrons. The van der Waals surface area contributed by atoms with Gasteiger partial charge in [0.1, 0.15) is 5.75 Å². The van der Waals surface area contributed by atoms with Gasteiger partial charge in [0.25, 0.3) is 5.91 Å². The van der Waals surface area contributed by atoms with Crippen LogP contribution in [0.5, 0.6) is 5.75 Å². The van der Waals surface area contributed by atoms with Crippen molar-refractivity contribution in [1.29, 1.82) is 0 Å². The molecule has 1 amide bonds. The van der Waals surface area contributed by atoms with Crippen molar-refractivity contribution in [1.82, 2.24) is 4.90 Å². The highest BCUT2D eigenvalue weighted by atomic mass is 16.3. The third kappa shape index (κ3) is 2.55. The van der Waals surface area contributed by atoms with Crippen molar-refractivity contribution in [3.63, 3.8) is 0 Å². The van der Waals surface area contributed by atoms with Gasteiger partial charge >= 0.3 is 0 Å². The Morgan fingerprint density at radius 1 is 1.23 bits per heavy atom. The number of aromatic hydroxyl groups is 1. The van der Waals surface area contributed by atoms with Gasteiger partial charge in [0.2, 0.25) is 0 Å². The van der Waals surface area contributed by atoms with Crippen LogP contribution in [0.4, 0.5) is 0 Å². The van der Waals surface area contributed by atoms with Gasteiger partial charge in [-0.3, -0.25) is 4.79 Å². The second-order valence-corrected chi connectivity index (χ2v) is 6.53. The molecule has 0 saturated carbocycles. The standard InChI is InChI=1S/C18H21NO3/c1-18(2,22)16-8-5-9-19(16)17(21)14-10-12-6-3-4-7-13(12)11-15(14)20/h3-4,6-7,10-11,16,20,22H,5,8-9H2,1-2H3. The third-order valence-electron chi connectivity index (χ3n) is 4.42. The molecule has 2 N–H and O–H groups in total. The summed E-state index contributed by atoms with van der Waals surface area (Å²) < 4.78 is 0. The van der Waals surface area contributed by atoms with Crippen LogP contribution in [-0.2, 0) is 0 Å². The summed E-state index contributed by atoms with van der Waals surface area (Å²) in [6.45, 7) is 4.06. The average Bonchev–Trinajstić information content (AvgIpc) is 2.95. The molecule has 1 unspecified atom stereocenters. The summed E-state index contributed by atoms with van der Waals surface area (Å²) in [6, 6.07) is 10.8. The molecule has 2 aromatic carbocycles. The van der Waals surface area contributed by atoms with Gasteiger partial charge in [0, 0.05) is 6.54 Å². The van der Waals surface area contributed by atoms with Crippen LogP contribution in [0.1, 0.15) is 37.0 Å². The zero-order valence-corrected chi connectivity index (χ0v) is 12.9. The van der Waals surface area contributed by atoms with Crippen LogP contribution in [0.15, 0.2) is 36.4 Å². The Bertz CT molecular complexity index is 718. The maximum Gasteiger partial charge on any atom is 0.257 e. The van der Waals surface area contributed by atoms with E-state index in [1.807, 2.05) is 24.3 Å². The number of hydrogen-bond acceptors (Lipinski definition) is 3. The van der Waals surface area contributed by atoms with Crippen LogP contribution in [0.25, 0.3) is 10.8 Å². The van der Waals surface area contributed by atoms with E-state index >= 15 is 0 Å². The van der Waals surface area contributed by atoms with Crippen molar-refractivity contribution in [2.24, 2.45) is 0 Å². The lowest BCUT2D eigenvalue weighted by Crippen LogP contribution is -2.48. The van der Waals surface area contributed by atoms with Crippen LogP contribution in [0.3, 0.4) is 0 Å². The topological polar surface area (TPSA) is 60.8 Å². The number of hydrogen-bond donors (Lipinski definition) is 2. The molecule has 1 aliphatic rings. The number of benzene rings is 2. The number of aliphatic hydroxyl groups is 1. The minimum Gasteiger partial charge on any atom is -0.507 e. The normalized spacial score (nSPS) is 18.9. The Labute approximate surface area is 130 Å². The van der Waals surface area contributed by atoms with Gasteiger partial charge in [-0.1, -0.05) is 24.3 Å². The zero-order valence-electron chi connectivity index (χ0n) is 12.9. The van der Waals surface area contributed by atoms with E-state index in [0.717, 1.165) is 23.6 Å². The van der Waals surface area contributed by atoms with Crippen LogP contribution < -0.4 is 0 Å². The number of fused-ring (bicyclic) bond motifs is 1. The largest absolute Gasteiger partial charge is 0.507 e. The lowest BCUT2D eigenvalue weighted by Gasteiger charge is -2.34. The second kappa shape index (κ2) is 5.29. The molecule has 1 saturated heterocycles. The molecule has 4 heteroatoms. The van der Waals surface area contributed by atoms with Crippen molar-refractivity contribution < 1.29 is 15.0 Å². The number of likely N-dealkylation sites (tertiary alicyclic amines) is 1. The number of carbonyl (C=O) groups is 1. The second-order valence-electron chi connectivity index (χ2n) is 6.53. The highest BCUT2D eigenvalue weighted by molar-refractivity contribution is 6.01. The highest BCUT2D eigenvalue weighted by Gasteiger charge is 2.39. The van der Waals surface area contributed by atoms with Gasteiger partial charge in [-0.15, -0.1) is 0 Å². The van der Waals surface area contributed by atoms with Gasteiger partial charge in [0.15, 0.2) is 0 Å². The Morgan fingerprint density at radius 3 is 2.50 bits per heavy atom. The van der Waals surface area contributed by atoms with E-state index in [1.54, 1.807) is 30.9 Å². The molecule has 3 rings (SSSR count). The fourth-order valence-corrected chi connectivity index (χ4v) is 3.30. The molecule has 4 nitrogen and oxygen atoms in total. The minimum atomic E-state index is -0.946. The smallest absolute Gasteiger partial charge is 0.257 e. The summed E-state index contributed by atoms with van der Waals surface area (Å²) >= 11 is 0. The monoisotopic (exact) mass is 299 g/mol. The molecule has 1 heterocycles. The molecular weight excluding hydrogens is 278 g/mol. The molecule has 0 aliphatic carbocycles. The van der Waals surface area contributed by atoms with Gasteiger partial charge in [-0.05, 0) is 49.6 Å². The first-order valence-corrected chi connectivity index (χ1v) is 7.63. The number of phenolic OH excluding ortho intramolecular Hbond substituents is 1. The quantitative estimate of drug-likeness (QED) is 0.896. The molecule has 1 aliphatic heterocycles. The maximum atomic E-state index is 12.8. The molecule has 22 heavy (non-hydrogen) atoms. The predicted octanol–water partition coefficient (Wildman–Crippen LogP) is 2.92. The Morgan fingerprint density at radius 2 is 1.86 bits per heavy atom. The molecule has 0 bridgehead atoms. The molecule has 0 aromatic heterocycles. The Hall–Kier alpha value is -2.07. The fourth-order valence-electron chi connectivity index (χ4n) is 3.30. The molecule has 116 valence electrons. The van der Waals surface area contributed by atoms with Crippen LogP contribution in [0, 0.1) is 0 Å². The van der Waals surface area contributed by atoms with E-state index in [9.17, 15) is 15.0 Å². The molecule has 1 fully saturated rings. The molecule has 0 spiro atoms. The Kier molecular flexibility index (Phi) is 3.57. The summed E-state index contributed by atoms with van der Waals surface area (Å²) in [5, 5.41) is 22.3. The third-order valence-corrected chi connectivity index (χ3v) is 4.42. The van der Waals surface area contributed by atoms with Crippen LogP contribution >= 0.6 is 0 Å². The highest BCUT2D eigenvalue weighted by Crippen LogP contribution is 2.32. The van der Waals surface area contributed by atoms with Gasteiger partial charge in [-0.25, -0.2) is 0 Å². The van der Waals surface area contributed by atoms with Gasteiger partial charge < -0.3 is 15.1 Å². The minimum absolute atomic E-state index is 0.00917. The molecule has 1 atom stereocenters. The number of phenols is 1. The molecular formula is C18H21NO3. The average molecular weight is 299 g/mol. The summed E-state index contributed by atoms with van der Waals surface area (Å²) in [7, 11) is 0. The number of carbonyl (C=O) groups excluding carboxylic acids is 1. The van der Waals surface area contributed by atoms with Crippen LogP contribution in [-0.4, -0.2) is 39.2 Å². The first-order valence-electron chi connectivity index (χ1n) is 7.63. The first-order chi connectivity index (χ1) is 10.4. The van der Waals surface area contributed by atoms with Crippen molar-refractivity contribution in [2.75, 3.05) is 6.54 Å². The summed E-state index contributed by atoms with van der Waals surface area (Å²) in [5.41, 5.74) is -0.645. The lowest BCUT2D eigenvalue weighted by atomic mass is 9.96. The fraction of sp³-hybridized carbons (Fsp3) is 0.389. The van der Waals surface area contributed by atoms with Crippen molar-refractivity contribution >= 4 is 16.7 Å². The zero-order chi connectivity index (χ0) is 15.9. The van der Waals surface area contributed by atoms with Crippen molar-refractivity contribution in [3.05, 3.63) is 42.0 Å². The summed E-state index contributed by atoms with van der Waals surface area (Å²) in [6.07, 6.45) is 1.65. The van der Waals surface area contributed by atoms with E-state index in [-0.39, 0.29) is 17.7 Å². The van der Waals surface area contributed by atoms with E-state index in [4.69, 9.17) is 0 Å². The number of amides is 1. The SMILES string of the molecule is CC(C)(O)C1CCCN1C(=O)c1cc2ccccc2cc1O. The van der Waals surface area contributed by atoms with Gasteiger partial charge in [0.05, 0.1) is 17.2 Å².